The van der Waals surface area contributed by atoms with Gasteiger partial charge in [-0.05, 0) is 18.6 Å². The molecule has 2 heterocycles. The summed E-state index contributed by atoms with van der Waals surface area (Å²) in [6, 6.07) is 3.97. The minimum Gasteiger partial charge on any atom is -0.486 e. The van der Waals surface area contributed by atoms with Gasteiger partial charge in [0.15, 0.2) is 21.3 Å². The summed E-state index contributed by atoms with van der Waals surface area (Å²) in [5.74, 6) is 0.823. The SMILES string of the molecule is CCN([C@H]1CCS(=O)(=O)C1)S(=O)(=O)c1ccc2c(c1)OCCO2. The fourth-order valence-corrected chi connectivity index (χ4v) is 6.45. The zero-order chi connectivity index (χ0) is 16.7. The van der Waals surface area contributed by atoms with Gasteiger partial charge in [0, 0.05) is 18.7 Å². The molecule has 9 heteroatoms. The summed E-state index contributed by atoms with van der Waals surface area (Å²) in [4.78, 5) is 0.0906. The van der Waals surface area contributed by atoms with Gasteiger partial charge in [0.25, 0.3) is 0 Å². The average molecular weight is 361 g/mol. The molecule has 0 radical (unpaired) electrons. The van der Waals surface area contributed by atoms with Crippen LogP contribution < -0.4 is 9.47 Å². The number of hydrogen-bond donors (Lipinski definition) is 0. The molecule has 2 aliphatic heterocycles. The maximum atomic E-state index is 12.9. The van der Waals surface area contributed by atoms with E-state index in [2.05, 4.69) is 0 Å². The van der Waals surface area contributed by atoms with Crippen molar-refractivity contribution in [3.8, 4) is 11.5 Å². The van der Waals surface area contributed by atoms with E-state index in [1.165, 1.54) is 16.4 Å². The zero-order valence-electron chi connectivity index (χ0n) is 12.8. The molecule has 0 spiro atoms. The predicted molar refractivity (Wildman–Crippen MR) is 84.1 cm³/mol. The van der Waals surface area contributed by atoms with Crippen LogP contribution in [0.25, 0.3) is 0 Å². The van der Waals surface area contributed by atoms with E-state index in [9.17, 15) is 16.8 Å². The molecule has 0 bridgehead atoms. The maximum absolute atomic E-state index is 12.9. The Hall–Kier alpha value is -1.32. The summed E-state index contributed by atoms with van der Waals surface area (Å²) in [5, 5.41) is 0. The van der Waals surface area contributed by atoms with Crippen molar-refractivity contribution in [2.45, 2.75) is 24.3 Å². The summed E-state index contributed by atoms with van der Waals surface area (Å²) in [6.07, 6.45) is 0.333. The van der Waals surface area contributed by atoms with Gasteiger partial charge in [0.1, 0.15) is 13.2 Å². The lowest BCUT2D eigenvalue weighted by molar-refractivity contribution is 0.171. The normalized spacial score (nSPS) is 23.1. The summed E-state index contributed by atoms with van der Waals surface area (Å²) in [5.41, 5.74) is 0. The molecule has 0 saturated carbocycles. The first kappa shape index (κ1) is 16.5. The third-order valence-electron chi connectivity index (χ3n) is 4.05. The van der Waals surface area contributed by atoms with Crippen LogP contribution in [0.15, 0.2) is 23.1 Å². The molecule has 1 aromatic carbocycles. The molecule has 2 aliphatic rings. The average Bonchev–Trinajstić information content (AvgIpc) is 2.87. The van der Waals surface area contributed by atoms with E-state index in [-0.39, 0.29) is 22.9 Å². The molecule has 1 saturated heterocycles. The first-order valence-electron chi connectivity index (χ1n) is 7.45. The Kier molecular flexibility index (Phi) is 4.28. The van der Waals surface area contributed by atoms with Gasteiger partial charge in [-0.3, -0.25) is 0 Å². The molecule has 7 nitrogen and oxygen atoms in total. The summed E-state index contributed by atoms with van der Waals surface area (Å²) in [6.45, 7) is 2.73. The molecule has 0 N–H and O–H groups in total. The van der Waals surface area contributed by atoms with Crippen molar-refractivity contribution < 1.29 is 26.3 Å². The number of ether oxygens (including phenoxy) is 2. The Balaban J connectivity index is 1.93. The number of sulfonamides is 1. The second kappa shape index (κ2) is 5.95. The van der Waals surface area contributed by atoms with Gasteiger partial charge in [-0.1, -0.05) is 6.92 Å². The van der Waals surface area contributed by atoms with Gasteiger partial charge in [-0.25, -0.2) is 16.8 Å². The first-order chi connectivity index (χ1) is 10.8. The van der Waals surface area contributed by atoms with E-state index in [0.29, 0.717) is 31.1 Å². The van der Waals surface area contributed by atoms with E-state index < -0.39 is 25.9 Å². The molecule has 0 aromatic heterocycles. The molecular weight excluding hydrogens is 342 g/mol. The van der Waals surface area contributed by atoms with E-state index >= 15 is 0 Å². The standard InChI is InChI=1S/C14H19NO6S2/c1-2-15(11-5-8-22(16,17)10-11)23(18,19)12-3-4-13-14(9-12)21-7-6-20-13/h3-4,9,11H,2,5-8,10H2,1H3/t11-/m0/s1. The minimum absolute atomic E-state index is 0.0326. The van der Waals surface area contributed by atoms with Crippen LogP contribution in [-0.4, -0.2) is 58.4 Å². The van der Waals surface area contributed by atoms with Gasteiger partial charge in [-0.2, -0.15) is 4.31 Å². The van der Waals surface area contributed by atoms with Crippen molar-refractivity contribution in [1.82, 2.24) is 4.31 Å². The van der Waals surface area contributed by atoms with Crippen molar-refractivity contribution in [3.05, 3.63) is 18.2 Å². The highest BCUT2D eigenvalue weighted by Crippen LogP contribution is 2.34. The number of hydrogen-bond acceptors (Lipinski definition) is 6. The summed E-state index contributed by atoms with van der Waals surface area (Å²) >= 11 is 0. The van der Waals surface area contributed by atoms with Crippen LogP contribution in [0, 0.1) is 0 Å². The van der Waals surface area contributed by atoms with E-state index in [1.807, 2.05) is 0 Å². The quantitative estimate of drug-likeness (QED) is 0.782. The highest BCUT2D eigenvalue weighted by atomic mass is 32.2. The second-order valence-corrected chi connectivity index (χ2v) is 9.69. The summed E-state index contributed by atoms with van der Waals surface area (Å²) in [7, 11) is -6.94. The number of sulfone groups is 1. The molecule has 1 fully saturated rings. The predicted octanol–water partition coefficient (Wildman–Crippen LogP) is 0.656. The molecular formula is C14H19NO6S2. The van der Waals surface area contributed by atoms with Crippen molar-refractivity contribution in [2.75, 3.05) is 31.3 Å². The Morgan fingerprint density at radius 1 is 1.22 bits per heavy atom. The second-order valence-electron chi connectivity index (χ2n) is 5.57. The monoisotopic (exact) mass is 361 g/mol. The lowest BCUT2D eigenvalue weighted by Crippen LogP contribution is -2.40. The minimum atomic E-state index is -3.78. The summed E-state index contributed by atoms with van der Waals surface area (Å²) < 4.78 is 61.2. The highest BCUT2D eigenvalue weighted by Gasteiger charge is 2.38. The molecule has 1 atom stereocenters. The Morgan fingerprint density at radius 3 is 2.52 bits per heavy atom. The Bertz CT molecular complexity index is 803. The van der Waals surface area contributed by atoms with E-state index in [4.69, 9.17) is 9.47 Å². The molecule has 0 unspecified atom stereocenters. The van der Waals surface area contributed by atoms with E-state index in [0.717, 1.165) is 0 Å². The molecule has 23 heavy (non-hydrogen) atoms. The number of benzene rings is 1. The fraction of sp³-hybridized carbons (Fsp3) is 0.571. The van der Waals surface area contributed by atoms with Crippen LogP contribution in [0.4, 0.5) is 0 Å². The van der Waals surface area contributed by atoms with Gasteiger partial charge in [0.05, 0.1) is 16.4 Å². The van der Waals surface area contributed by atoms with Crippen LogP contribution in [0.2, 0.25) is 0 Å². The molecule has 0 aliphatic carbocycles. The van der Waals surface area contributed by atoms with Crippen LogP contribution in [-0.2, 0) is 19.9 Å². The van der Waals surface area contributed by atoms with Gasteiger partial charge in [-0.15, -0.1) is 0 Å². The number of rotatable bonds is 4. The number of nitrogens with zero attached hydrogens (tertiary/aromatic N) is 1. The fourth-order valence-electron chi connectivity index (χ4n) is 2.95. The third kappa shape index (κ3) is 3.17. The third-order valence-corrected chi connectivity index (χ3v) is 7.82. The van der Waals surface area contributed by atoms with E-state index in [1.54, 1.807) is 13.0 Å². The first-order valence-corrected chi connectivity index (χ1v) is 10.7. The van der Waals surface area contributed by atoms with Crippen molar-refractivity contribution in [1.29, 1.82) is 0 Å². The Morgan fingerprint density at radius 2 is 1.91 bits per heavy atom. The lowest BCUT2D eigenvalue weighted by atomic mass is 10.3. The zero-order valence-corrected chi connectivity index (χ0v) is 14.4. The van der Waals surface area contributed by atoms with Crippen LogP contribution in [0.1, 0.15) is 13.3 Å². The molecule has 1 aromatic rings. The topological polar surface area (TPSA) is 90.0 Å². The van der Waals surface area contributed by atoms with Crippen molar-refractivity contribution >= 4 is 19.9 Å². The molecule has 0 amide bonds. The van der Waals surface area contributed by atoms with Gasteiger partial charge in [0.2, 0.25) is 10.0 Å². The largest absolute Gasteiger partial charge is 0.486 e. The van der Waals surface area contributed by atoms with Gasteiger partial charge >= 0.3 is 0 Å². The molecule has 3 rings (SSSR count). The maximum Gasteiger partial charge on any atom is 0.243 e. The number of fused-ring (bicyclic) bond motifs is 1. The lowest BCUT2D eigenvalue weighted by Gasteiger charge is -2.26. The van der Waals surface area contributed by atoms with Crippen molar-refractivity contribution in [3.63, 3.8) is 0 Å². The van der Waals surface area contributed by atoms with Crippen LogP contribution >= 0.6 is 0 Å². The highest BCUT2D eigenvalue weighted by molar-refractivity contribution is 7.92. The Labute approximate surface area is 136 Å². The van der Waals surface area contributed by atoms with Crippen molar-refractivity contribution in [2.24, 2.45) is 0 Å². The molecule has 128 valence electrons. The smallest absolute Gasteiger partial charge is 0.243 e. The van der Waals surface area contributed by atoms with Crippen LogP contribution in [0.3, 0.4) is 0 Å². The van der Waals surface area contributed by atoms with Crippen LogP contribution in [0.5, 0.6) is 11.5 Å². The van der Waals surface area contributed by atoms with Gasteiger partial charge < -0.3 is 9.47 Å².